The van der Waals surface area contributed by atoms with E-state index in [1.165, 1.54) is 13.2 Å². The number of fused-ring (bicyclic) bond motifs is 2. The van der Waals surface area contributed by atoms with E-state index >= 15 is 0 Å². The molecule has 0 fully saturated rings. The lowest BCUT2D eigenvalue weighted by Crippen LogP contribution is -2.52. The Balaban J connectivity index is 1.71. The maximum atomic E-state index is 13.4. The molecule has 0 unspecified atom stereocenters. The topological polar surface area (TPSA) is 49.8 Å². The lowest BCUT2D eigenvalue weighted by Gasteiger charge is -2.31. The van der Waals surface area contributed by atoms with E-state index < -0.39 is 23.7 Å². The summed E-state index contributed by atoms with van der Waals surface area (Å²) in [7, 11) is 1.45. The van der Waals surface area contributed by atoms with Crippen LogP contribution in [0.5, 0.6) is 28.7 Å². The molecule has 2 aromatic carbocycles. The Bertz CT molecular complexity index is 1130. The number of methoxy groups -OCH3 is 1. The van der Waals surface area contributed by atoms with E-state index in [1.54, 1.807) is 12.1 Å². The van der Waals surface area contributed by atoms with Gasteiger partial charge < -0.3 is 18.9 Å². The minimum absolute atomic E-state index is 0.0749. The molecule has 0 bridgehead atoms. The number of pyridine rings is 1. The summed E-state index contributed by atoms with van der Waals surface area (Å²) in [6.45, 7) is 3.96. The fraction of sp³-hybridized carbons (Fsp3) is 0.286. The molecule has 158 valence electrons. The fourth-order valence-corrected chi connectivity index (χ4v) is 3.16. The van der Waals surface area contributed by atoms with Crippen LogP contribution in [0.15, 0.2) is 36.4 Å². The smallest absolute Gasteiger partial charge is 0.493 e. The molecule has 0 saturated carbocycles. The zero-order valence-corrected chi connectivity index (χ0v) is 16.3. The number of halogens is 4. The summed E-state index contributed by atoms with van der Waals surface area (Å²) in [4.78, 5) is 4.61. The molecular formula is C21H17F4NO4. The van der Waals surface area contributed by atoms with Crippen molar-refractivity contribution in [3.05, 3.63) is 47.7 Å². The summed E-state index contributed by atoms with van der Waals surface area (Å²) in [5.41, 5.74) is 2.69. The van der Waals surface area contributed by atoms with Crippen LogP contribution >= 0.6 is 0 Å². The number of benzene rings is 2. The summed E-state index contributed by atoms with van der Waals surface area (Å²) >= 11 is 0. The minimum atomic E-state index is -4.81. The third kappa shape index (κ3) is 3.34. The Morgan fingerprint density at radius 1 is 0.933 bits per heavy atom. The normalized spacial score (nSPS) is 16.4. The maximum absolute atomic E-state index is 13.4. The van der Waals surface area contributed by atoms with Gasteiger partial charge in [-0.15, -0.1) is 0 Å². The fourth-order valence-electron chi connectivity index (χ4n) is 3.16. The average molecular weight is 423 g/mol. The SMILES string of the molecule is CCc1nc2cc(OC)c(Oc3ccc4c(c3)OC(F)(F)C(F)(F)O4)cc2cc1C. The molecule has 3 aromatic rings. The van der Waals surface area contributed by atoms with Gasteiger partial charge in [-0.25, -0.2) is 0 Å². The molecule has 0 radical (unpaired) electrons. The number of hydrogen-bond donors (Lipinski definition) is 0. The highest BCUT2D eigenvalue weighted by molar-refractivity contribution is 5.83. The Hall–Kier alpha value is -3.23. The third-order valence-electron chi connectivity index (χ3n) is 4.69. The van der Waals surface area contributed by atoms with Crippen LogP contribution in [-0.2, 0) is 6.42 Å². The van der Waals surface area contributed by atoms with Crippen LogP contribution in [0.3, 0.4) is 0 Å². The van der Waals surface area contributed by atoms with E-state index in [4.69, 9.17) is 9.47 Å². The molecule has 2 heterocycles. The van der Waals surface area contributed by atoms with Gasteiger partial charge in [-0.2, -0.15) is 17.6 Å². The first-order valence-corrected chi connectivity index (χ1v) is 9.07. The lowest BCUT2D eigenvalue weighted by atomic mass is 10.1. The van der Waals surface area contributed by atoms with Crippen molar-refractivity contribution in [1.82, 2.24) is 4.98 Å². The lowest BCUT2D eigenvalue weighted by molar-refractivity contribution is -0.391. The van der Waals surface area contributed by atoms with Gasteiger partial charge in [-0.05, 0) is 43.2 Å². The van der Waals surface area contributed by atoms with Gasteiger partial charge in [0, 0.05) is 23.2 Å². The van der Waals surface area contributed by atoms with Gasteiger partial charge in [0.1, 0.15) is 5.75 Å². The van der Waals surface area contributed by atoms with Crippen molar-refractivity contribution in [3.63, 3.8) is 0 Å². The highest BCUT2D eigenvalue weighted by Crippen LogP contribution is 2.48. The molecule has 9 heteroatoms. The largest absolute Gasteiger partial charge is 0.507 e. The highest BCUT2D eigenvalue weighted by atomic mass is 19.3. The van der Waals surface area contributed by atoms with Crippen LogP contribution in [0.25, 0.3) is 10.9 Å². The molecular weight excluding hydrogens is 406 g/mol. The molecule has 1 aliphatic rings. The number of aromatic nitrogens is 1. The predicted octanol–water partition coefficient (Wildman–Crippen LogP) is 5.86. The van der Waals surface area contributed by atoms with Crippen LogP contribution in [-0.4, -0.2) is 24.3 Å². The van der Waals surface area contributed by atoms with E-state index in [0.29, 0.717) is 17.0 Å². The van der Waals surface area contributed by atoms with Crippen LogP contribution in [0.4, 0.5) is 17.6 Å². The molecule has 0 N–H and O–H groups in total. The number of nitrogens with zero attached hydrogens (tertiary/aromatic N) is 1. The van der Waals surface area contributed by atoms with E-state index in [0.717, 1.165) is 35.2 Å². The Kier molecular flexibility index (Phi) is 4.63. The van der Waals surface area contributed by atoms with Crippen LogP contribution < -0.4 is 18.9 Å². The van der Waals surface area contributed by atoms with Gasteiger partial charge in [0.15, 0.2) is 23.0 Å². The molecule has 0 atom stereocenters. The van der Waals surface area contributed by atoms with E-state index in [1.807, 2.05) is 19.9 Å². The van der Waals surface area contributed by atoms with E-state index in [-0.39, 0.29) is 5.75 Å². The molecule has 1 aromatic heterocycles. The molecule has 1 aliphatic heterocycles. The predicted molar refractivity (Wildman–Crippen MR) is 100 cm³/mol. The molecule has 0 amide bonds. The second kappa shape index (κ2) is 6.93. The molecule has 0 aliphatic carbocycles. The maximum Gasteiger partial charge on any atom is 0.507 e. The van der Waals surface area contributed by atoms with Crippen molar-refractivity contribution in [2.24, 2.45) is 0 Å². The van der Waals surface area contributed by atoms with Crippen molar-refractivity contribution in [2.45, 2.75) is 32.5 Å². The second-order valence-corrected chi connectivity index (χ2v) is 6.75. The van der Waals surface area contributed by atoms with Gasteiger partial charge in [-0.1, -0.05) is 6.92 Å². The van der Waals surface area contributed by atoms with Crippen molar-refractivity contribution in [1.29, 1.82) is 0 Å². The highest BCUT2D eigenvalue weighted by Gasteiger charge is 2.65. The number of ether oxygens (including phenoxy) is 4. The number of aryl methyl sites for hydroxylation is 2. The Morgan fingerprint density at radius 2 is 1.63 bits per heavy atom. The van der Waals surface area contributed by atoms with Crippen LogP contribution in [0, 0.1) is 6.92 Å². The van der Waals surface area contributed by atoms with Crippen LogP contribution in [0.1, 0.15) is 18.2 Å². The first-order chi connectivity index (χ1) is 14.1. The molecule has 0 saturated heterocycles. The van der Waals surface area contributed by atoms with Gasteiger partial charge in [-0.3, -0.25) is 4.98 Å². The molecule has 0 spiro atoms. The summed E-state index contributed by atoms with van der Waals surface area (Å²) in [6, 6.07) is 8.78. The van der Waals surface area contributed by atoms with Gasteiger partial charge in [0.2, 0.25) is 0 Å². The van der Waals surface area contributed by atoms with Crippen molar-refractivity contribution < 1.29 is 36.5 Å². The summed E-state index contributed by atoms with van der Waals surface area (Å²) in [5, 5.41) is 0.796. The van der Waals surface area contributed by atoms with Gasteiger partial charge in [0.25, 0.3) is 0 Å². The average Bonchev–Trinajstić information content (AvgIpc) is 2.67. The Labute approximate surface area is 169 Å². The van der Waals surface area contributed by atoms with Crippen molar-refractivity contribution in [2.75, 3.05) is 7.11 Å². The number of hydrogen-bond acceptors (Lipinski definition) is 5. The second-order valence-electron chi connectivity index (χ2n) is 6.75. The molecule has 30 heavy (non-hydrogen) atoms. The molecule has 5 nitrogen and oxygen atoms in total. The summed E-state index contributed by atoms with van der Waals surface area (Å²) in [5.74, 6) is -0.341. The number of alkyl halides is 4. The molecule has 4 rings (SSSR count). The van der Waals surface area contributed by atoms with Crippen LogP contribution in [0.2, 0.25) is 0 Å². The first-order valence-electron chi connectivity index (χ1n) is 9.07. The summed E-state index contributed by atoms with van der Waals surface area (Å²) < 4.78 is 72.8. The van der Waals surface area contributed by atoms with Gasteiger partial charge in [0.05, 0.1) is 12.6 Å². The Morgan fingerprint density at radius 3 is 2.30 bits per heavy atom. The number of rotatable bonds is 4. The quantitative estimate of drug-likeness (QED) is 0.492. The van der Waals surface area contributed by atoms with E-state index in [9.17, 15) is 17.6 Å². The van der Waals surface area contributed by atoms with Gasteiger partial charge >= 0.3 is 12.2 Å². The minimum Gasteiger partial charge on any atom is -0.493 e. The summed E-state index contributed by atoms with van der Waals surface area (Å²) in [6.07, 6.45) is -8.80. The van der Waals surface area contributed by atoms with Crippen molar-refractivity contribution >= 4 is 10.9 Å². The van der Waals surface area contributed by atoms with E-state index in [2.05, 4.69) is 14.5 Å². The standard InChI is InChI=1S/C21H17F4NO4/c1-4-14-11(2)7-12-8-18(17(27-3)10-15(12)26-14)28-13-5-6-16-19(9-13)30-21(24,25)20(22,23)29-16/h5-10H,4H2,1-3H3. The van der Waals surface area contributed by atoms with Crippen molar-refractivity contribution in [3.8, 4) is 28.7 Å². The zero-order chi connectivity index (χ0) is 21.7. The third-order valence-corrected chi connectivity index (χ3v) is 4.69. The monoisotopic (exact) mass is 423 g/mol. The first kappa shape index (κ1) is 20.1. The zero-order valence-electron chi connectivity index (χ0n) is 16.3.